The van der Waals surface area contributed by atoms with Gasteiger partial charge in [0, 0.05) is 7.11 Å². The molecule has 0 aliphatic rings. The topological polar surface area (TPSA) is 9.23 Å². The van der Waals surface area contributed by atoms with Crippen molar-refractivity contribution in [3.05, 3.63) is 29.8 Å². The van der Waals surface area contributed by atoms with Crippen LogP contribution in [0.4, 0.5) is 0 Å². The lowest BCUT2D eigenvalue weighted by Crippen LogP contribution is -2.40. The van der Waals surface area contributed by atoms with Crippen LogP contribution in [0.3, 0.4) is 0 Å². The van der Waals surface area contributed by atoms with Gasteiger partial charge in [-0.3, -0.25) is 0 Å². The van der Waals surface area contributed by atoms with Crippen molar-refractivity contribution in [3.63, 3.8) is 0 Å². The largest absolute Gasteiger partial charge is 0.380 e. The molecule has 2 heteroatoms. The summed E-state index contributed by atoms with van der Waals surface area (Å²) < 4.78 is 5.11. The van der Waals surface area contributed by atoms with Crippen LogP contribution < -0.4 is 5.19 Å². The second kappa shape index (κ2) is 5.47. The minimum absolute atomic E-state index is 0.718. The lowest BCUT2D eigenvalue weighted by molar-refractivity contribution is 0.185. The maximum atomic E-state index is 5.11. The minimum Gasteiger partial charge on any atom is -0.380 e. The average Bonchev–Trinajstić information content (AvgIpc) is 2.19. The number of ether oxygens (including phenoxy) is 1. The number of methoxy groups -OCH3 is 1. The Morgan fingerprint density at radius 1 is 1.13 bits per heavy atom. The van der Waals surface area contributed by atoms with Gasteiger partial charge in [0.05, 0.1) is 14.7 Å². The molecular weight excluding hydrogens is 200 g/mol. The van der Waals surface area contributed by atoms with Gasteiger partial charge in [0.2, 0.25) is 0 Å². The third-order valence-electron chi connectivity index (χ3n) is 2.92. The molecule has 84 valence electrons. The highest BCUT2D eigenvalue weighted by Gasteiger charge is 2.21. The van der Waals surface area contributed by atoms with Gasteiger partial charge in [0.15, 0.2) is 0 Å². The molecule has 0 aliphatic carbocycles. The van der Waals surface area contributed by atoms with Gasteiger partial charge in [-0.2, -0.15) is 0 Å². The number of hydrogen-bond acceptors (Lipinski definition) is 1. The predicted octanol–water partition coefficient (Wildman–Crippen LogP) is 3.16. The van der Waals surface area contributed by atoms with Crippen LogP contribution >= 0.6 is 0 Å². The Labute approximate surface area is 94.5 Å². The van der Waals surface area contributed by atoms with Crippen molar-refractivity contribution < 1.29 is 4.74 Å². The van der Waals surface area contributed by atoms with Gasteiger partial charge in [-0.15, -0.1) is 0 Å². The van der Waals surface area contributed by atoms with E-state index in [1.807, 2.05) is 0 Å². The molecule has 0 saturated carbocycles. The van der Waals surface area contributed by atoms with Crippen LogP contribution in [0.25, 0.3) is 0 Å². The van der Waals surface area contributed by atoms with E-state index in [4.69, 9.17) is 4.74 Å². The van der Waals surface area contributed by atoms with E-state index in [0.717, 1.165) is 6.61 Å². The second-order valence-electron chi connectivity index (χ2n) is 4.76. The predicted molar refractivity (Wildman–Crippen MR) is 69.4 cm³/mol. The summed E-state index contributed by atoms with van der Waals surface area (Å²) in [5.74, 6) is 0. The first-order valence-electron chi connectivity index (χ1n) is 5.68. The van der Waals surface area contributed by atoms with E-state index in [1.165, 1.54) is 18.0 Å². The fourth-order valence-corrected chi connectivity index (χ4v) is 4.60. The SMILES string of the molecule is CCC[Si](C)(C)c1ccc(COC)cc1. The van der Waals surface area contributed by atoms with Crippen molar-refractivity contribution in [2.75, 3.05) is 7.11 Å². The summed E-state index contributed by atoms with van der Waals surface area (Å²) in [5, 5.41) is 1.56. The molecule has 0 bridgehead atoms. The van der Waals surface area contributed by atoms with Crippen molar-refractivity contribution in [1.82, 2.24) is 0 Å². The third kappa shape index (κ3) is 3.47. The summed E-state index contributed by atoms with van der Waals surface area (Å²) in [7, 11) is 0.574. The number of hydrogen-bond donors (Lipinski definition) is 0. The Bertz CT molecular complexity index is 290. The molecule has 1 aromatic carbocycles. The second-order valence-corrected chi connectivity index (χ2v) is 9.61. The van der Waals surface area contributed by atoms with Crippen LogP contribution in [0.1, 0.15) is 18.9 Å². The van der Waals surface area contributed by atoms with Crippen LogP contribution in [0.15, 0.2) is 24.3 Å². The molecule has 1 nitrogen and oxygen atoms in total. The van der Waals surface area contributed by atoms with E-state index >= 15 is 0 Å². The van der Waals surface area contributed by atoms with E-state index in [2.05, 4.69) is 44.3 Å². The van der Waals surface area contributed by atoms with Gasteiger partial charge in [-0.05, 0) is 5.56 Å². The van der Waals surface area contributed by atoms with E-state index < -0.39 is 8.07 Å². The molecule has 0 fully saturated rings. The molecular formula is C13H22OSi. The quantitative estimate of drug-likeness (QED) is 0.695. The molecule has 15 heavy (non-hydrogen) atoms. The smallest absolute Gasteiger partial charge is 0.0806 e. The van der Waals surface area contributed by atoms with Crippen molar-refractivity contribution in [3.8, 4) is 0 Å². The molecule has 0 aliphatic heterocycles. The van der Waals surface area contributed by atoms with E-state index in [1.54, 1.807) is 12.3 Å². The fourth-order valence-electron chi connectivity index (χ4n) is 1.99. The first-order valence-corrected chi connectivity index (χ1v) is 8.89. The zero-order valence-corrected chi connectivity index (χ0v) is 11.3. The standard InChI is InChI=1S/C13H22OSi/c1-5-10-15(3,4)13-8-6-12(7-9-13)11-14-2/h6-9H,5,10-11H2,1-4H3. The summed E-state index contributed by atoms with van der Waals surface area (Å²) in [6.07, 6.45) is 1.29. The molecule has 0 radical (unpaired) electrons. The minimum atomic E-state index is -1.17. The first kappa shape index (κ1) is 12.5. The Hall–Kier alpha value is -0.603. The van der Waals surface area contributed by atoms with Crippen LogP contribution in [-0.2, 0) is 11.3 Å². The molecule has 0 aromatic heterocycles. The van der Waals surface area contributed by atoms with E-state index in [0.29, 0.717) is 0 Å². The zero-order valence-electron chi connectivity index (χ0n) is 10.3. The first-order chi connectivity index (χ1) is 7.10. The Kier molecular flexibility index (Phi) is 4.55. The highest BCUT2D eigenvalue weighted by Crippen LogP contribution is 2.12. The molecule has 0 N–H and O–H groups in total. The molecule has 0 heterocycles. The zero-order chi connectivity index (χ0) is 11.3. The lowest BCUT2D eigenvalue weighted by Gasteiger charge is -2.22. The van der Waals surface area contributed by atoms with Crippen molar-refractivity contribution >= 4 is 13.3 Å². The van der Waals surface area contributed by atoms with Crippen LogP contribution in [0, 0.1) is 0 Å². The average molecular weight is 222 g/mol. The normalized spacial score (nSPS) is 11.7. The maximum absolute atomic E-state index is 5.11. The summed E-state index contributed by atoms with van der Waals surface area (Å²) in [6, 6.07) is 10.3. The maximum Gasteiger partial charge on any atom is 0.0806 e. The molecule has 0 spiro atoms. The fraction of sp³-hybridized carbons (Fsp3) is 0.538. The molecule has 1 rings (SSSR count). The van der Waals surface area contributed by atoms with Gasteiger partial charge < -0.3 is 4.74 Å². The Balaban J connectivity index is 2.78. The number of benzene rings is 1. The molecule has 0 unspecified atom stereocenters. The molecule has 0 amide bonds. The van der Waals surface area contributed by atoms with Crippen molar-refractivity contribution in [1.29, 1.82) is 0 Å². The summed E-state index contributed by atoms with van der Waals surface area (Å²) in [4.78, 5) is 0. The Morgan fingerprint density at radius 2 is 1.73 bits per heavy atom. The molecule has 0 saturated heterocycles. The number of rotatable bonds is 5. The Morgan fingerprint density at radius 3 is 2.20 bits per heavy atom. The van der Waals surface area contributed by atoms with E-state index in [-0.39, 0.29) is 0 Å². The summed E-state index contributed by atoms with van der Waals surface area (Å²) in [5.41, 5.74) is 1.27. The highest BCUT2D eigenvalue weighted by molar-refractivity contribution is 6.89. The van der Waals surface area contributed by atoms with Crippen LogP contribution in [0.2, 0.25) is 19.1 Å². The van der Waals surface area contributed by atoms with Crippen LogP contribution in [0.5, 0.6) is 0 Å². The van der Waals surface area contributed by atoms with Gasteiger partial charge in [0.25, 0.3) is 0 Å². The van der Waals surface area contributed by atoms with Crippen molar-refractivity contribution in [2.24, 2.45) is 0 Å². The van der Waals surface area contributed by atoms with Gasteiger partial charge >= 0.3 is 0 Å². The van der Waals surface area contributed by atoms with Crippen molar-refractivity contribution in [2.45, 2.75) is 39.1 Å². The lowest BCUT2D eigenvalue weighted by atomic mass is 10.2. The highest BCUT2D eigenvalue weighted by atomic mass is 28.3. The van der Waals surface area contributed by atoms with E-state index in [9.17, 15) is 0 Å². The third-order valence-corrected chi connectivity index (χ3v) is 6.57. The van der Waals surface area contributed by atoms with Gasteiger partial charge in [-0.1, -0.05) is 61.9 Å². The summed E-state index contributed by atoms with van der Waals surface area (Å²) >= 11 is 0. The molecule has 0 atom stereocenters. The van der Waals surface area contributed by atoms with Gasteiger partial charge in [-0.25, -0.2) is 0 Å². The molecule has 1 aromatic rings. The monoisotopic (exact) mass is 222 g/mol. The van der Waals surface area contributed by atoms with Crippen LogP contribution in [-0.4, -0.2) is 15.2 Å². The van der Waals surface area contributed by atoms with Gasteiger partial charge in [0.1, 0.15) is 0 Å². The summed E-state index contributed by atoms with van der Waals surface area (Å²) in [6.45, 7) is 7.88.